The summed E-state index contributed by atoms with van der Waals surface area (Å²) in [7, 11) is 0. The molecule has 1 N–H and O–H groups in total. The fraction of sp³-hybridized carbons (Fsp3) is 0.600. The minimum atomic E-state index is -0.184. The van der Waals surface area contributed by atoms with E-state index in [1.807, 2.05) is 6.92 Å². The third-order valence-corrected chi connectivity index (χ3v) is 2.76. The standard InChI is InChI=1S/C10H14N2O2/c1-7-4-5-9(13)12(7)10(14)8-3-2-6-11-8/h4-5,7-8,11H,2-3,6H2,1H3/t7-,8-/m0/s1. The normalized spacial score (nSPS) is 31.5. The molecule has 2 aliphatic heterocycles. The molecule has 14 heavy (non-hydrogen) atoms. The maximum Gasteiger partial charge on any atom is 0.253 e. The monoisotopic (exact) mass is 194 g/mol. The summed E-state index contributed by atoms with van der Waals surface area (Å²) in [6, 6.07) is -0.237. The zero-order chi connectivity index (χ0) is 10.1. The van der Waals surface area contributed by atoms with Crippen molar-refractivity contribution in [2.24, 2.45) is 0 Å². The Kier molecular flexibility index (Phi) is 2.37. The van der Waals surface area contributed by atoms with Gasteiger partial charge in [0.15, 0.2) is 0 Å². The molecular weight excluding hydrogens is 180 g/mol. The molecule has 4 nitrogen and oxygen atoms in total. The Balaban J connectivity index is 2.07. The third-order valence-electron chi connectivity index (χ3n) is 2.76. The second-order valence-electron chi connectivity index (χ2n) is 3.80. The first-order chi connectivity index (χ1) is 6.70. The molecule has 0 aromatic carbocycles. The van der Waals surface area contributed by atoms with Gasteiger partial charge in [0.25, 0.3) is 5.91 Å². The van der Waals surface area contributed by atoms with Gasteiger partial charge in [-0.15, -0.1) is 0 Å². The van der Waals surface area contributed by atoms with Crippen LogP contribution in [0.25, 0.3) is 0 Å². The van der Waals surface area contributed by atoms with Crippen LogP contribution in [0.2, 0.25) is 0 Å². The zero-order valence-corrected chi connectivity index (χ0v) is 8.19. The molecule has 2 aliphatic rings. The van der Waals surface area contributed by atoms with E-state index in [9.17, 15) is 9.59 Å². The maximum atomic E-state index is 11.9. The first kappa shape index (κ1) is 9.40. The van der Waals surface area contributed by atoms with Gasteiger partial charge < -0.3 is 5.32 Å². The van der Waals surface area contributed by atoms with Crippen LogP contribution in [0.1, 0.15) is 19.8 Å². The van der Waals surface area contributed by atoms with E-state index in [0.29, 0.717) is 0 Å². The number of hydrogen-bond acceptors (Lipinski definition) is 3. The van der Waals surface area contributed by atoms with E-state index in [1.54, 1.807) is 6.08 Å². The summed E-state index contributed by atoms with van der Waals surface area (Å²) in [4.78, 5) is 24.6. The predicted molar refractivity (Wildman–Crippen MR) is 51.5 cm³/mol. The molecule has 1 fully saturated rings. The SMILES string of the molecule is C[C@H]1C=CC(=O)N1C(=O)[C@@H]1CCCN1. The largest absolute Gasteiger partial charge is 0.306 e. The van der Waals surface area contributed by atoms with Crippen LogP contribution in [0.3, 0.4) is 0 Å². The van der Waals surface area contributed by atoms with Crippen molar-refractivity contribution in [2.45, 2.75) is 31.8 Å². The Bertz CT molecular complexity index is 292. The lowest BCUT2D eigenvalue weighted by Gasteiger charge is -2.22. The van der Waals surface area contributed by atoms with Crippen molar-refractivity contribution in [3.63, 3.8) is 0 Å². The van der Waals surface area contributed by atoms with Gasteiger partial charge >= 0.3 is 0 Å². The maximum absolute atomic E-state index is 11.9. The van der Waals surface area contributed by atoms with Gasteiger partial charge in [-0.05, 0) is 26.3 Å². The molecule has 76 valence electrons. The zero-order valence-electron chi connectivity index (χ0n) is 8.19. The van der Waals surface area contributed by atoms with Crippen molar-refractivity contribution in [3.8, 4) is 0 Å². The van der Waals surface area contributed by atoms with Crippen LogP contribution in [0.15, 0.2) is 12.2 Å². The van der Waals surface area contributed by atoms with Crippen molar-refractivity contribution < 1.29 is 9.59 Å². The van der Waals surface area contributed by atoms with Gasteiger partial charge in [-0.2, -0.15) is 0 Å². The van der Waals surface area contributed by atoms with Gasteiger partial charge in [-0.1, -0.05) is 6.08 Å². The van der Waals surface area contributed by atoms with Crippen molar-refractivity contribution in [3.05, 3.63) is 12.2 Å². The van der Waals surface area contributed by atoms with Gasteiger partial charge in [0.05, 0.1) is 12.1 Å². The number of nitrogens with zero attached hydrogens (tertiary/aromatic N) is 1. The number of carbonyl (C=O) groups excluding carboxylic acids is 2. The molecular formula is C10H14N2O2. The molecule has 0 bridgehead atoms. The molecule has 2 amide bonds. The summed E-state index contributed by atoms with van der Waals surface area (Å²) < 4.78 is 0. The molecule has 0 saturated carbocycles. The average molecular weight is 194 g/mol. The minimum absolute atomic E-state index is 0.0787. The number of amides is 2. The van der Waals surface area contributed by atoms with Crippen molar-refractivity contribution in [2.75, 3.05) is 6.54 Å². The van der Waals surface area contributed by atoms with Gasteiger partial charge in [0, 0.05) is 6.08 Å². The third kappa shape index (κ3) is 1.46. The number of nitrogens with one attached hydrogen (secondary N) is 1. The lowest BCUT2D eigenvalue weighted by molar-refractivity contribution is -0.143. The molecule has 2 rings (SSSR count). The smallest absolute Gasteiger partial charge is 0.253 e. The highest BCUT2D eigenvalue weighted by Crippen LogP contribution is 2.15. The summed E-state index contributed by atoms with van der Waals surface area (Å²) in [6.07, 6.45) is 5.09. The fourth-order valence-corrected chi connectivity index (χ4v) is 1.96. The Morgan fingerprint density at radius 2 is 2.43 bits per heavy atom. The van der Waals surface area contributed by atoms with Gasteiger partial charge in [0.1, 0.15) is 0 Å². The Labute approximate surface area is 83.0 Å². The molecule has 0 aromatic heterocycles. The van der Waals surface area contributed by atoms with Crippen LogP contribution in [0.5, 0.6) is 0 Å². The average Bonchev–Trinajstić information content (AvgIpc) is 2.75. The van der Waals surface area contributed by atoms with Crippen molar-refractivity contribution in [1.82, 2.24) is 10.2 Å². The molecule has 0 spiro atoms. The molecule has 0 unspecified atom stereocenters. The Hall–Kier alpha value is -1.16. The van der Waals surface area contributed by atoms with Crippen LogP contribution in [-0.4, -0.2) is 35.3 Å². The first-order valence-electron chi connectivity index (χ1n) is 4.99. The van der Waals surface area contributed by atoms with Crippen LogP contribution in [-0.2, 0) is 9.59 Å². The molecule has 0 radical (unpaired) electrons. The quantitative estimate of drug-likeness (QED) is 0.600. The highest BCUT2D eigenvalue weighted by molar-refractivity contribution is 6.05. The second-order valence-corrected chi connectivity index (χ2v) is 3.80. The van der Waals surface area contributed by atoms with Crippen LogP contribution in [0.4, 0.5) is 0 Å². The van der Waals surface area contributed by atoms with E-state index in [0.717, 1.165) is 19.4 Å². The van der Waals surface area contributed by atoms with E-state index < -0.39 is 0 Å². The number of imide groups is 1. The fourth-order valence-electron chi connectivity index (χ4n) is 1.96. The van der Waals surface area contributed by atoms with Crippen LogP contribution >= 0.6 is 0 Å². The van der Waals surface area contributed by atoms with Crippen LogP contribution in [0, 0.1) is 0 Å². The summed E-state index contributed by atoms with van der Waals surface area (Å²) in [6.45, 7) is 2.73. The van der Waals surface area contributed by atoms with Crippen molar-refractivity contribution in [1.29, 1.82) is 0 Å². The predicted octanol–water partition coefficient (Wildman–Crippen LogP) is 0.0519. The Morgan fingerprint density at radius 3 is 2.93 bits per heavy atom. The van der Waals surface area contributed by atoms with Crippen LogP contribution < -0.4 is 5.32 Å². The summed E-state index contributed by atoms with van der Waals surface area (Å²) >= 11 is 0. The minimum Gasteiger partial charge on any atom is -0.306 e. The lowest BCUT2D eigenvalue weighted by atomic mass is 10.2. The molecule has 2 heterocycles. The molecule has 0 aliphatic carbocycles. The number of hydrogen-bond donors (Lipinski definition) is 1. The van der Waals surface area contributed by atoms with E-state index in [-0.39, 0.29) is 23.9 Å². The van der Waals surface area contributed by atoms with E-state index >= 15 is 0 Å². The van der Waals surface area contributed by atoms with Gasteiger partial charge in [0.2, 0.25) is 5.91 Å². The first-order valence-corrected chi connectivity index (χ1v) is 4.99. The number of carbonyl (C=O) groups is 2. The summed E-state index contributed by atoms with van der Waals surface area (Å²) in [5, 5.41) is 3.10. The molecule has 2 atom stereocenters. The summed E-state index contributed by atoms with van der Waals surface area (Å²) in [5.41, 5.74) is 0. The molecule has 1 saturated heterocycles. The molecule has 4 heteroatoms. The Morgan fingerprint density at radius 1 is 1.64 bits per heavy atom. The van der Waals surface area contributed by atoms with Gasteiger partial charge in [-0.3, -0.25) is 14.5 Å². The second kappa shape index (κ2) is 3.53. The number of rotatable bonds is 1. The van der Waals surface area contributed by atoms with E-state index in [1.165, 1.54) is 11.0 Å². The van der Waals surface area contributed by atoms with E-state index in [2.05, 4.69) is 5.32 Å². The topological polar surface area (TPSA) is 49.4 Å². The highest BCUT2D eigenvalue weighted by Gasteiger charge is 2.34. The van der Waals surface area contributed by atoms with E-state index in [4.69, 9.17) is 0 Å². The summed E-state index contributed by atoms with van der Waals surface area (Å²) in [5.74, 6) is -0.263. The highest BCUT2D eigenvalue weighted by atomic mass is 16.2. The van der Waals surface area contributed by atoms with Crippen molar-refractivity contribution >= 4 is 11.8 Å². The van der Waals surface area contributed by atoms with Gasteiger partial charge in [-0.25, -0.2) is 0 Å². The molecule has 0 aromatic rings. The lowest BCUT2D eigenvalue weighted by Crippen LogP contribution is -2.47.